The molecule has 0 saturated heterocycles. The summed E-state index contributed by atoms with van der Waals surface area (Å²) in [5.41, 5.74) is 4.00. The Morgan fingerprint density at radius 1 is 1.11 bits per heavy atom. The van der Waals surface area contributed by atoms with Gasteiger partial charge in [-0.1, -0.05) is 25.8 Å². The zero-order valence-corrected chi connectivity index (χ0v) is 30.3. The van der Waals surface area contributed by atoms with Crippen LogP contribution in [0.5, 0.6) is 11.6 Å². The number of thiol groups is 1. The van der Waals surface area contributed by atoms with Gasteiger partial charge in [0.05, 0.1) is 52.6 Å². The van der Waals surface area contributed by atoms with Gasteiger partial charge in [-0.15, -0.1) is 21.1 Å². The molecule has 240 valence electrons. The first kappa shape index (κ1) is 36.3. The maximum absolute atomic E-state index is 15.0. The minimum Gasteiger partial charge on any atom is -0.484 e. The van der Waals surface area contributed by atoms with Crippen LogP contribution in [0, 0.1) is 12.7 Å². The van der Waals surface area contributed by atoms with Crippen molar-refractivity contribution in [3.63, 3.8) is 0 Å². The van der Waals surface area contributed by atoms with Gasteiger partial charge in [0.2, 0.25) is 11.8 Å². The lowest BCUT2D eigenvalue weighted by Gasteiger charge is -2.16. The van der Waals surface area contributed by atoms with Crippen molar-refractivity contribution >= 4 is 93.3 Å². The zero-order valence-electron chi connectivity index (χ0n) is 25.7. The van der Waals surface area contributed by atoms with Gasteiger partial charge >= 0.3 is 6.09 Å². The highest BCUT2D eigenvalue weighted by molar-refractivity contribution is 14.2. The second-order valence-electron chi connectivity index (χ2n) is 8.97. The lowest BCUT2D eigenvalue weighted by molar-refractivity contribution is 0.0969. The minimum atomic E-state index is -0.704. The predicted octanol–water partition coefficient (Wildman–Crippen LogP) is 8.18. The fourth-order valence-corrected chi connectivity index (χ4v) is 5.12. The molecule has 45 heavy (non-hydrogen) atoms. The number of hydrogen-bond donors (Lipinski definition) is 2. The van der Waals surface area contributed by atoms with E-state index in [2.05, 4.69) is 40.0 Å². The van der Waals surface area contributed by atoms with Gasteiger partial charge in [0.1, 0.15) is 17.7 Å². The molecule has 0 aliphatic heterocycles. The van der Waals surface area contributed by atoms with Gasteiger partial charge in [0, 0.05) is 31.0 Å². The van der Waals surface area contributed by atoms with Crippen molar-refractivity contribution < 1.29 is 23.4 Å². The van der Waals surface area contributed by atoms with Crippen LogP contribution in [-0.2, 0) is 4.74 Å². The van der Waals surface area contributed by atoms with Crippen LogP contribution in [-0.4, -0.2) is 64.1 Å². The molecule has 5 rings (SSSR count). The van der Waals surface area contributed by atoms with E-state index in [0.29, 0.717) is 39.1 Å². The normalized spacial score (nSPS) is 11.1. The van der Waals surface area contributed by atoms with E-state index in [9.17, 15) is 9.18 Å². The first-order valence-corrected chi connectivity index (χ1v) is 18.8. The molecule has 11 nitrogen and oxygen atoms in total. The Hall–Kier alpha value is -3.22. The van der Waals surface area contributed by atoms with Crippen LogP contribution < -0.4 is 19.1 Å². The molecular weight excluding hydrogens is 752 g/mol. The second kappa shape index (κ2) is 17.5. The van der Waals surface area contributed by atoms with Crippen LogP contribution >= 0.6 is 54.3 Å². The van der Waals surface area contributed by atoms with Crippen molar-refractivity contribution in [1.29, 1.82) is 0 Å². The molecule has 3 aromatic heterocycles. The van der Waals surface area contributed by atoms with Crippen LogP contribution in [0.1, 0.15) is 26.3 Å². The molecule has 0 bridgehead atoms. The summed E-state index contributed by atoms with van der Waals surface area (Å²) in [6.45, 7) is 7.53. The number of ether oxygens (including phenoxy) is 3. The first-order chi connectivity index (χ1) is 21.7. The zero-order chi connectivity index (χ0) is 33.1. The number of rotatable bonds is 9. The van der Waals surface area contributed by atoms with E-state index in [1.165, 1.54) is 48.9 Å². The summed E-state index contributed by atoms with van der Waals surface area (Å²) in [6, 6.07) is 6.82. The predicted molar refractivity (Wildman–Crippen MR) is 193 cm³/mol. The number of carbonyl (C=O) groups excluding carboxylic acids is 1. The number of aromatic nitrogens is 5. The summed E-state index contributed by atoms with van der Waals surface area (Å²) < 4.78 is 33.7. The molecule has 0 fully saturated rings. The molecule has 1 N–H and O–H groups in total. The molecule has 0 spiro atoms. The van der Waals surface area contributed by atoms with E-state index in [0.717, 1.165) is 15.8 Å². The molecule has 16 heteroatoms. The number of thiazole rings is 1. The topological polar surface area (TPSA) is 124 Å². The third-order valence-corrected chi connectivity index (χ3v) is 7.63. The number of amides is 1. The number of nitrogens with one attached hydrogen (secondary N) is 1. The molecule has 5 aromatic rings. The van der Waals surface area contributed by atoms with E-state index >= 15 is 0 Å². The summed E-state index contributed by atoms with van der Waals surface area (Å²) >= 11 is 4.69. The third-order valence-electron chi connectivity index (χ3n) is 5.87. The van der Waals surface area contributed by atoms with Crippen LogP contribution in [0.3, 0.4) is 0 Å². The number of benzene rings is 2. The minimum absolute atomic E-state index is 0.0322. The number of aryl methyl sites for hydroxylation is 1. The molecule has 1 unspecified atom stereocenters. The van der Waals surface area contributed by atoms with Gasteiger partial charge in [-0.3, -0.25) is 9.62 Å². The molecule has 0 saturated carbocycles. The Balaban J connectivity index is 0.00000133. The highest BCUT2D eigenvalue weighted by Crippen LogP contribution is 2.37. The average molecular weight is 786 g/mol. The molecule has 1 atom stereocenters. The SMILES string of the molecule is CC.COc1cnc2c(-c3nc4cc(F)c(OC(C)COC(=O)Nc5cnc(N(C)SC)nc5)cc4s3)cc(C)cc2n1.SI. The smallest absolute Gasteiger partial charge is 0.411 e. The molecule has 0 aliphatic carbocycles. The number of nitrogens with zero attached hydrogens (tertiary/aromatic N) is 6. The first-order valence-electron chi connectivity index (χ1n) is 13.5. The van der Waals surface area contributed by atoms with Crippen molar-refractivity contribution in [2.24, 2.45) is 0 Å². The lowest BCUT2D eigenvalue weighted by atomic mass is 10.1. The van der Waals surface area contributed by atoms with Crippen molar-refractivity contribution in [3.05, 3.63) is 54.2 Å². The average Bonchev–Trinajstić information content (AvgIpc) is 3.47. The van der Waals surface area contributed by atoms with Gasteiger partial charge in [0.25, 0.3) is 0 Å². The van der Waals surface area contributed by atoms with E-state index in [1.807, 2.05) is 67.4 Å². The maximum Gasteiger partial charge on any atom is 0.411 e. The Labute approximate surface area is 286 Å². The van der Waals surface area contributed by atoms with Crippen LogP contribution in [0.4, 0.5) is 20.8 Å². The lowest BCUT2D eigenvalue weighted by Crippen LogP contribution is -2.24. The summed E-state index contributed by atoms with van der Waals surface area (Å²) in [6.07, 6.45) is 5.08. The Morgan fingerprint density at radius 2 is 1.82 bits per heavy atom. The van der Waals surface area contributed by atoms with Crippen molar-refractivity contribution in [1.82, 2.24) is 24.9 Å². The number of carbonyl (C=O) groups is 1. The Bertz CT molecular complexity index is 1730. The third kappa shape index (κ3) is 9.40. The second-order valence-corrected chi connectivity index (χ2v) is 10.9. The van der Waals surface area contributed by atoms with Crippen LogP contribution in [0.15, 0.2) is 42.9 Å². The van der Waals surface area contributed by atoms with Gasteiger partial charge in [-0.05, 0) is 52.7 Å². The maximum atomic E-state index is 15.0. The molecule has 3 heterocycles. The van der Waals surface area contributed by atoms with Crippen LogP contribution in [0.2, 0.25) is 0 Å². The molecule has 2 aromatic carbocycles. The van der Waals surface area contributed by atoms with Gasteiger partial charge in [0.15, 0.2) is 11.6 Å². The Morgan fingerprint density at radius 3 is 2.49 bits per heavy atom. The highest BCUT2D eigenvalue weighted by atomic mass is 127. The number of fused-ring (bicyclic) bond motifs is 2. The Kier molecular flexibility index (Phi) is 14.1. The van der Waals surface area contributed by atoms with E-state index in [-0.39, 0.29) is 12.4 Å². The fraction of sp³-hybridized carbons (Fsp3) is 0.310. The van der Waals surface area contributed by atoms with Crippen LogP contribution in [0.25, 0.3) is 31.8 Å². The number of halogens is 2. The summed E-state index contributed by atoms with van der Waals surface area (Å²) in [7, 11) is 6.87. The number of methoxy groups -OCH3 is 1. The van der Waals surface area contributed by atoms with E-state index in [4.69, 9.17) is 14.2 Å². The van der Waals surface area contributed by atoms with Gasteiger partial charge in [-0.25, -0.2) is 34.1 Å². The molecule has 0 aliphatic rings. The van der Waals surface area contributed by atoms with Crippen molar-refractivity contribution in [2.45, 2.75) is 33.8 Å². The monoisotopic (exact) mass is 785 g/mol. The largest absolute Gasteiger partial charge is 0.484 e. The number of anilines is 2. The van der Waals surface area contributed by atoms with Crippen molar-refractivity contribution in [3.8, 4) is 22.2 Å². The highest BCUT2D eigenvalue weighted by Gasteiger charge is 2.18. The summed E-state index contributed by atoms with van der Waals surface area (Å²) in [4.78, 5) is 34.2. The van der Waals surface area contributed by atoms with E-state index in [1.54, 1.807) is 23.5 Å². The molecule has 0 radical (unpaired) electrons. The fourth-order valence-electron chi connectivity index (χ4n) is 3.87. The summed E-state index contributed by atoms with van der Waals surface area (Å²) in [5, 5.41) is 3.23. The van der Waals surface area contributed by atoms with Gasteiger partial charge in [-0.2, -0.15) is 0 Å². The van der Waals surface area contributed by atoms with E-state index < -0.39 is 18.0 Å². The summed E-state index contributed by atoms with van der Waals surface area (Å²) in [5.74, 6) is 0.383. The molecule has 1 amide bonds. The van der Waals surface area contributed by atoms with Gasteiger partial charge < -0.3 is 14.2 Å². The number of hydrogen-bond acceptors (Lipinski definition) is 13. The standard InChI is InChI=1S/C27H26FN7O4S2.C2H6.HIS/c1-14-6-17(24-20(7-14)33-23(37-4)12-29-24)25-34-19-8-18(28)21(9-22(19)41-25)39-15(2)13-38-27(36)32-16-10-30-26(31-11-16)35(3)40-5;2*1-2/h6-12,15H,13H2,1-5H3,(H,32,36);1-2H3;2H. The quantitative estimate of drug-likeness (QED) is 0.0855. The van der Waals surface area contributed by atoms with Crippen molar-refractivity contribution in [2.75, 3.05) is 36.6 Å². The molecular formula is C29H33FIN7O4S3.